The van der Waals surface area contributed by atoms with Gasteiger partial charge in [0.05, 0.1) is 18.2 Å². The van der Waals surface area contributed by atoms with Crippen LogP contribution in [0.25, 0.3) is 0 Å². The Morgan fingerprint density at radius 2 is 1.62 bits per heavy atom. The van der Waals surface area contributed by atoms with Gasteiger partial charge in [-0.2, -0.15) is 0 Å². The van der Waals surface area contributed by atoms with Gasteiger partial charge in [0.15, 0.2) is 11.4 Å². The molecule has 1 amide bonds. The van der Waals surface area contributed by atoms with Gasteiger partial charge < -0.3 is 10.0 Å². The molecule has 4 nitrogen and oxygen atoms in total. The van der Waals surface area contributed by atoms with Crippen molar-refractivity contribution in [2.45, 2.75) is 19.1 Å². The van der Waals surface area contributed by atoms with Crippen LogP contribution in [0.4, 0.5) is 5.69 Å². The maximum absolute atomic E-state index is 13.4. The number of rotatable bonds is 5. The zero-order valence-corrected chi connectivity index (χ0v) is 16.6. The van der Waals surface area contributed by atoms with Crippen LogP contribution >= 0.6 is 11.6 Å². The Morgan fingerprint density at radius 1 is 1.00 bits per heavy atom. The predicted molar refractivity (Wildman–Crippen MR) is 113 cm³/mol. The number of hydrogen-bond acceptors (Lipinski definition) is 3. The number of nitrogens with zero attached hydrogens (tertiary/aromatic N) is 1. The molecule has 0 unspecified atom stereocenters. The molecule has 2 atom stereocenters. The zero-order valence-electron chi connectivity index (χ0n) is 15.9. The molecule has 3 aromatic rings. The van der Waals surface area contributed by atoms with Crippen molar-refractivity contribution in [3.63, 3.8) is 0 Å². The fourth-order valence-electron chi connectivity index (χ4n) is 3.85. The topological polar surface area (TPSA) is 57.6 Å². The molecule has 1 aliphatic heterocycles. The van der Waals surface area contributed by atoms with Gasteiger partial charge in [-0.15, -0.1) is 0 Å². The van der Waals surface area contributed by atoms with Crippen LogP contribution in [0.5, 0.6) is 0 Å². The molecule has 0 aliphatic carbocycles. The Hall–Kier alpha value is -2.95. The third-order valence-corrected chi connectivity index (χ3v) is 5.76. The largest absolute Gasteiger partial charge is 0.375 e. The van der Waals surface area contributed by atoms with Crippen molar-refractivity contribution >= 4 is 29.0 Å². The number of benzene rings is 3. The molecular weight excluding hydrogens is 386 g/mol. The number of halogens is 1. The zero-order chi connectivity index (χ0) is 20.6. The SMILES string of the molecule is C[C@H](C(=O)c1ccccc1)[C@@]1(O)C(=O)N(Cc2ccc(Cl)cc2)c2ccccc21. The van der Waals surface area contributed by atoms with Gasteiger partial charge in [-0.05, 0) is 23.8 Å². The minimum Gasteiger partial charge on any atom is -0.375 e. The molecule has 0 fully saturated rings. The first-order chi connectivity index (χ1) is 13.9. The molecule has 0 saturated heterocycles. The summed E-state index contributed by atoms with van der Waals surface area (Å²) < 4.78 is 0. The second kappa shape index (κ2) is 7.47. The van der Waals surface area contributed by atoms with Crippen LogP contribution < -0.4 is 4.90 Å². The van der Waals surface area contributed by atoms with Gasteiger partial charge in [0.1, 0.15) is 0 Å². The molecule has 1 N–H and O–H groups in total. The number of ketones is 1. The van der Waals surface area contributed by atoms with Crippen LogP contribution in [0.3, 0.4) is 0 Å². The van der Waals surface area contributed by atoms with Crippen molar-refractivity contribution in [2.24, 2.45) is 5.92 Å². The molecular formula is C24H20ClNO3. The highest BCUT2D eigenvalue weighted by Gasteiger charge is 2.55. The summed E-state index contributed by atoms with van der Waals surface area (Å²) in [7, 11) is 0. The number of carbonyl (C=O) groups excluding carboxylic acids is 2. The van der Waals surface area contributed by atoms with Gasteiger partial charge >= 0.3 is 0 Å². The van der Waals surface area contributed by atoms with Crippen LogP contribution in [-0.2, 0) is 16.9 Å². The minimum absolute atomic E-state index is 0.274. The lowest BCUT2D eigenvalue weighted by Gasteiger charge is -2.28. The van der Waals surface area contributed by atoms with Crippen LogP contribution in [0.15, 0.2) is 78.9 Å². The maximum atomic E-state index is 13.4. The standard InChI is InChI=1S/C24H20ClNO3/c1-16(22(27)18-7-3-2-4-8-18)24(29)20-9-5-6-10-21(20)26(23(24)28)15-17-11-13-19(25)14-12-17/h2-14,16,29H,15H2,1H3/t16-,24+/m1/s1. The second-order valence-corrected chi connectivity index (χ2v) is 7.69. The maximum Gasteiger partial charge on any atom is 0.264 e. The molecule has 29 heavy (non-hydrogen) atoms. The molecule has 0 saturated carbocycles. The third-order valence-electron chi connectivity index (χ3n) is 5.51. The van der Waals surface area contributed by atoms with E-state index in [2.05, 4.69) is 0 Å². The molecule has 1 aliphatic rings. The van der Waals surface area contributed by atoms with Crippen LogP contribution in [0.1, 0.15) is 28.4 Å². The highest BCUT2D eigenvalue weighted by atomic mass is 35.5. The van der Waals surface area contributed by atoms with Crippen LogP contribution in [0.2, 0.25) is 5.02 Å². The van der Waals surface area contributed by atoms with E-state index < -0.39 is 17.4 Å². The monoisotopic (exact) mass is 405 g/mol. The number of para-hydroxylation sites is 1. The summed E-state index contributed by atoms with van der Waals surface area (Å²) in [6.45, 7) is 1.89. The van der Waals surface area contributed by atoms with Gasteiger partial charge in [0, 0.05) is 16.1 Å². The first-order valence-corrected chi connectivity index (χ1v) is 9.78. The van der Waals surface area contributed by atoms with Crippen molar-refractivity contribution in [3.05, 3.63) is 101 Å². The molecule has 0 aromatic heterocycles. The first-order valence-electron chi connectivity index (χ1n) is 9.40. The van der Waals surface area contributed by atoms with Crippen molar-refractivity contribution in [2.75, 3.05) is 4.90 Å². The lowest BCUT2D eigenvalue weighted by Crippen LogP contribution is -2.47. The Labute approximate surface area is 174 Å². The van der Waals surface area contributed by atoms with Crippen molar-refractivity contribution in [1.82, 2.24) is 0 Å². The molecule has 0 bridgehead atoms. The van der Waals surface area contributed by atoms with Gasteiger partial charge in [0.25, 0.3) is 5.91 Å². The van der Waals surface area contributed by atoms with E-state index in [1.807, 2.05) is 24.3 Å². The summed E-state index contributed by atoms with van der Waals surface area (Å²) in [4.78, 5) is 28.0. The van der Waals surface area contributed by atoms with Crippen LogP contribution in [-0.4, -0.2) is 16.8 Å². The van der Waals surface area contributed by atoms with Gasteiger partial charge in [-0.1, -0.05) is 79.2 Å². The lowest BCUT2D eigenvalue weighted by atomic mass is 9.79. The average molecular weight is 406 g/mol. The molecule has 3 aromatic carbocycles. The van der Waals surface area contributed by atoms with E-state index in [0.717, 1.165) is 5.56 Å². The summed E-state index contributed by atoms with van der Waals surface area (Å²) in [5.41, 5.74) is 0.493. The average Bonchev–Trinajstić information content (AvgIpc) is 2.97. The van der Waals surface area contributed by atoms with Crippen molar-refractivity contribution < 1.29 is 14.7 Å². The molecule has 146 valence electrons. The minimum atomic E-state index is -1.92. The van der Waals surface area contributed by atoms with E-state index in [4.69, 9.17) is 11.6 Å². The van der Waals surface area contributed by atoms with Crippen molar-refractivity contribution in [1.29, 1.82) is 0 Å². The van der Waals surface area contributed by atoms with E-state index in [0.29, 0.717) is 21.8 Å². The van der Waals surface area contributed by atoms with E-state index in [1.165, 1.54) is 4.90 Å². The number of amides is 1. The molecule has 0 spiro atoms. The fourth-order valence-corrected chi connectivity index (χ4v) is 3.98. The smallest absolute Gasteiger partial charge is 0.264 e. The van der Waals surface area contributed by atoms with E-state index in [-0.39, 0.29) is 12.3 Å². The molecule has 0 radical (unpaired) electrons. The van der Waals surface area contributed by atoms with E-state index in [1.54, 1.807) is 61.5 Å². The molecule has 1 heterocycles. The normalized spacial score (nSPS) is 19.1. The number of fused-ring (bicyclic) bond motifs is 1. The number of carbonyl (C=O) groups is 2. The summed E-state index contributed by atoms with van der Waals surface area (Å²) in [6.07, 6.45) is 0. The Morgan fingerprint density at radius 3 is 2.31 bits per heavy atom. The Balaban J connectivity index is 1.73. The molecule has 5 heteroatoms. The summed E-state index contributed by atoms with van der Waals surface area (Å²) in [5, 5.41) is 12.2. The number of hydrogen-bond donors (Lipinski definition) is 1. The fraction of sp³-hybridized carbons (Fsp3) is 0.167. The van der Waals surface area contributed by atoms with Crippen LogP contribution in [0, 0.1) is 5.92 Å². The highest BCUT2D eigenvalue weighted by Crippen LogP contribution is 2.46. The number of anilines is 1. The second-order valence-electron chi connectivity index (χ2n) is 7.25. The third kappa shape index (κ3) is 3.24. The summed E-state index contributed by atoms with van der Waals surface area (Å²) in [5.74, 6) is -1.70. The number of Topliss-reactive ketones (excluding diaryl/α,β-unsaturated/α-hetero) is 1. The van der Waals surface area contributed by atoms with E-state index >= 15 is 0 Å². The van der Waals surface area contributed by atoms with Crippen molar-refractivity contribution in [3.8, 4) is 0 Å². The Bertz CT molecular complexity index is 1060. The predicted octanol–water partition coefficient (Wildman–Crippen LogP) is 4.59. The lowest BCUT2D eigenvalue weighted by molar-refractivity contribution is -0.139. The van der Waals surface area contributed by atoms with Gasteiger partial charge in [0.2, 0.25) is 0 Å². The van der Waals surface area contributed by atoms with Gasteiger partial charge in [-0.25, -0.2) is 0 Å². The number of aliphatic hydroxyl groups is 1. The van der Waals surface area contributed by atoms with Gasteiger partial charge in [-0.3, -0.25) is 9.59 Å². The summed E-state index contributed by atoms with van der Waals surface area (Å²) >= 11 is 5.96. The Kier molecular flexibility index (Phi) is 4.99. The summed E-state index contributed by atoms with van der Waals surface area (Å²) in [6, 6.07) is 23.0. The molecule has 4 rings (SSSR count). The van der Waals surface area contributed by atoms with E-state index in [9.17, 15) is 14.7 Å². The highest BCUT2D eigenvalue weighted by molar-refractivity contribution is 6.30. The quantitative estimate of drug-likeness (QED) is 0.631. The first kappa shape index (κ1) is 19.4.